The van der Waals surface area contributed by atoms with E-state index < -0.39 is 0 Å². The van der Waals surface area contributed by atoms with Crippen molar-refractivity contribution in [3.63, 3.8) is 0 Å². The number of methoxy groups -OCH3 is 1. The highest BCUT2D eigenvalue weighted by Gasteiger charge is 2.28. The summed E-state index contributed by atoms with van der Waals surface area (Å²) in [5, 5.41) is 9.52. The molecule has 3 rings (SSSR count). The van der Waals surface area contributed by atoms with Gasteiger partial charge in [-0.05, 0) is 53.4 Å². The zero-order valence-electron chi connectivity index (χ0n) is 12.0. The van der Waals surface area contributed by atoms with E-state index in [1.807, 2.05) is 17.0 Å². The van der Waals surface area contributed by atoms with Crippen molar-refractivity contribution in [2.45, 2.75) is 12.5 Å². The van der Waals surface area contributed by atoms with E-state index in [9.17, 15) is 5.26 Å². The van der Waals surface area contributed by atoms with Crippen LogP contribution in [0.5, 0.6) is 5.75 Å². The van der Waals surface area contributed by atoms with Gasteiger partial charge in [-0.15, -0.1) is 0 Å². The van der Waals surface area contributed by atoms with Gasteiger partial charge in [0.25, 0.3) is 0 Å². The van der Waals surface area contributed by atoms with Crippen molar-refractivity contribution < 1.29 is 4.74 Å². The number of ether oxygens (including phenoxy) is 1. The molecule has 0 radical (unpaired) electrons. The third kappa shape index (κ3) is 2.86. The Bertz CT molecular complexity index is 735. The van der Waals surface area contributed by atoms with Crippen LogP contribution in [0.3, 0.4) is 0 Å². The number of halogens is 2. The van der Waals surface area contributed by atoms with E-state index in [2.05, 4.69) is 62.3 Å². The molecule has 22 heavy (non-hydrogen) atoms. The Hall–Kier alpha value is -1.51. The maximum absolute atomic E-state index is 9.52. The largest absolute Gasteiger partial charge is 0.497 e. The highest BCUT2D eigenvalue weighted by molar-refractivity contribution is 9.11. The van der Waals surface area contributed by atoms with Crippen molar-refractivity contribution in [3.8, 4) is 11.9 Å². The third-order valence-electron chi connectivity index (χ3n) is 3.91. The molecule has 112 valence electrons. The molecule has 0 N–H and O–H groups in total. The van der Waals surface area contributed by atoms with Crippen LogP contribution in [0.2, 0.25) is 0 Å². The summed E-state index contributed by atoms with van der Waals surface area (Å²) in [6, 6.07) is 12.2. The van der Waals surface area contributed by atoms with Crippen LogP contribution >= 0.6 is 31.9 Å². The van der Waals surface area contributed by atoms with Gasteiger partial charge in [-0.2, -0.15) is 5.26 Å². The zero-order chi connectivity index (χ0) is 15.7. The summed E-state index contributed by atoms with van der Waals surface area (Å²) in [7, 11) is 1.68. The third-order valence-corrected chi connectivity index (χ3v) is 4.82. The van der Waals surface area contributed by atoms with Gasteiger partial charge in [-0.25, -0.2) is 0 Å². The summed E-state index contributed by atoms with van der Waals surface area (Å²) in [4.78, 5) is 1.84. The lowest BCUT2D eigenvalue weighted by molar-refractivity contribution is 0.314. The first-order chi connectivity index (χ1) is 10.6. The zero-order valence-corrected chi connectivity index (χ0v) is 15.2. The second kappa shape index (κ2) is 6.31. The maximum Gasteiger partial charge on any atom is 0.180 e. The minimum absolute atomic E-state index is 0.0616. The Kier molecular flexibility index (Phi) is 4.42. The van der Waals surface area contributed by atoms with E-state index in [0.29, 0.717) is 6.54 Å². The Balaban J connectivity index is 2.14. The normalized spacial score (nSPS) is 16.8. The van der Waals surface area contributed by atoms with Crippen LogP contribution in [-0.2, 0) is 6.42 Å². The molecule has 0 spiro atoms. The highest BCUT2D eigenvalue weighted by atomic mass is 79.9. The van der Waals surface area contributed by atoms with Crippen molar-refractivity contribution >= 4 is 31.9 Å². The molecule has 1 aliphatic rings. The number of fused-ring (bicyclic) bond motifs is 1. The van der Waals surface area contributed by atoms with Crippen LogP contribution in [0.4, 0.5) is 0 Å². The van der Waals surface area contributed by atoms with Crippen LogP contribution in [0, 0.1) is 11.5 Å². The molecule has 2 aromatic rings. The molecular weight excluding hydrogens is 408 g/mol. The lowest BCUT2D eigenvalue weighted by Crippen LogP contribution is -2.32. The fraction of sp³-hybridized carbons (Fsp3) is 0.235. The molecule has 5 heteroatoms. The molecule has 1 atom stereocenters. The van der Waals surface area contributed by atoms with Gasteiger partial charge >= 0.3 is 0 Å². The molecule has 1 heterocycles. The average molecular weight is 422 g/mol. The number of nitrogens with zero attached hydrogens (tertiary/aromatic N) is 2. The summed E-state index contributed by atoms with van der Waals surface area (Å²) in [6.07, 6.45) is 3.19. The minimum atomic E-state index is -0.0616. The first kappa shape index (κ1) is 15.4. The lowest BCUT2D eigenvalue weighted by Gasteiger charge is -2.34. The predicted molar refractivity (Wildman–Crippen MR) is 92.7 cm³/mol. The van der Waals surface area contributed by atoms with Gasteiger partial charge in [0.15, 0.2) is 6.19 Å². The van der Waals surface area contributed by atoms with Crippen molar-refractivity contribution in [3.05, 3.63) is 62.0 Å². The van der Waals surface area contributed by atoms with E-state index in [1.165, 1.54) is 11.1 Å². The van der Waals surface area contributed by atoms with Gasteiger partial charge in [-0.1, -0.05) is 37.9 Å². The van der Waals surface area contributed by atoms with Gasteiger partial charge < -0.3 is 4.74 Å². The molecule has 0 aromatic heterocycles. The quantitative estimate of drug-likeness (QED) is 0.662. The van der Waals surface area contributed by atoms with E-state index in [-0.39, 0.29) is 6.04 Å². The van der Waals surface area contributed by atoms with E-state index >= 15 is 0 Å². The van der Waals surface area contributed by atoms with Crippen LogP contribution in [0.25, 0.3) is 0 Å². The molecule has 0 saturated carbocycles. The summed E-state index contributed by atoms with van der Waals surface area (Å²) < 4.78 is 7.31. The van der Waals surface area contributed by atoms with Crippen molar-refractivity contribution in [2.75, 3.05) is 13.7 Å². The van der Waals surface area contributed by atoms with Crippen molar-refractivity contribution in [2.24, 2.45) is 0 Å². The van der Waals surface area contributed by atoms with Gasteiger partial charge in [-0.3, -0.25) is 4.90 Å². The van der Waals surface area contributed by atoms with Gasteiger partial charge in [0.05, 0.1) is 13.2 Å². The summed E-state index contributed by atoms with van der Waals surface area (Å²) in [5.74, 6) is 0.860. The highest BCUT2D eigenvalue weighted by Crippen LogP contribution is 2.38. The Labute approximate surface area is 146 Å². The number of hydrogen-bond donors (Lipinski definition) is 0. The monoisotopic (exact) mass is 420 g/mol. The second-order valence-corrected chi connectivity index (χ2v) is 7.04. The van der Waals surface area contributed by atoms with Gasteiger partial charge in [0, 0.05) is 15.5 Å². The topological polar surface area (TPSA) is 36.3 Å². The minimum Gasteiger partial charge on any atom is -0.497 e. The van der Waals surface area contributed by atoms with Crippen molar-refractivity contribution in [1.29, 1.82) is 5.26 Å². The molecular formula is C17H14Br2N2O. The van der Waals surface area contributed by atoms with E-state index in [4.69, 9.17) is 4.74 Å². The second-order valence-electron chi connectivity index (χ2n) is 5.21. The Morgan fingerprint density at radius 2 is 1.91 bits per heavy atom. The molecule has 0 fully saturated rings. The Morgan fingerprint density at radius 3 is 2.55 bits per heavy atom. The molecule has 3 nitrogen and oxygen atoms in total. The maximum atomic E-state index is 9.52. The SMILES string of the molecule is COc1ccc2c(c1)CCN(C#N)C2c1cc(Br)cc(Br)c1. The standard InChI is InChI=1S/C17H14Br2N2O/c1-22-15-2-3-16-11(8-15)4-5-21(10-20)17(16)12-6-13(18)9-14(19)7-12/h2-3,6-9,17H,4-5H2,1H3. The van der Waals surface area contributed by atoms with E-state index in [1.54, 1.807) is 7.11 Å². The first-order valence-corrected chi connectivity index (χ1v) is 8.50. The number of benzene rings is 2. The molecule has 0 saturated heterocycles. The van der Waals surface area contributed by atoms with Crippen LogP contribution in [-0.4, -0.2) is 18.6 Å². The van der Waals surface area contributed by atoms with Crippen LogP contribution in [0.15, 0.2) is 45.3 Å². The smallest absolute Gasteiger partial charge is 0.180 e. The predicted octanol–water partition coefficient (Wildman–Crippen LogP) is 4.65. The fourth-order valence-corrected chi connectivity index (χ4v) is 4.26. The Morgan fingerprint density at radius 1 is 1.18 bits per heavy atom. The molecule has 0 aliphatic carbocycles. The summed E-state index contributed by atoms with van der Waals surface area (Å²) in [5.41, 5.74) is 3.50. The molecule has 2 aromatic carbocycles. The number of hydrogen-bond acceptors (Lipinski definition) is 3. The summed E-state index contributed by atoms with van der Waals surface area (Å²) >= 11 is 7.07. The summed E-state index contributed by atoms with van der Waals surface area (Å²) in [6.45, 7) is 0.714. The van der Waals surface area contributed by atoms with E-state index in [0.717, 1.165) is 26.7 Å². The molecule has 0 bridgehead atoms. The van der Waals surface area contributed by atoms with Crippen LogP contribution < -0.4 is 4.74 Å². The van der Waals surface area contributed by atoms with Gasteiger partial charge in [0.1, 0.15) is 5.75 Å². The van der Waals surface area contributed by atoms with Crippen molar-refractivity contribution in [1.82, 2.24) is 4.90 Å². The lowest BCUT2D eigenvalue weighted by atomic mass is 9.88. The fourth-order valence-electron chi connectivity index (χ4n) is 2.93. The molecule has 0 amide bonds. The van der Waals surface area contributed by atoms with Crippen LogP contribution in [0.1, 0.15) is 22.7 Å². The molecule has 1 unspecified atom stereocenters. The van der Waals surface area contributed by atoms with Gasteiger partial charge in [0.2, 0.25) is 0 Å². The number of rotatable bonds is 2. The first-order valence-electron chi connectivity index (χ1n) is 6.91. The average Bonchev–Trinajstić information content (AvgIpc) is 2.52. The number of nitriles is 1. The molecule has 1 aliphatic heterocycles.